The van der Waals surface area contributed by atoms with Crippen molar-refractivity contribution in [3.05, 3.63) is 229 Å². The molecule has 0 saturated heterocycles. The predicted octanol–water partition coefficient (Wildman–Crippen LogP) is 16.2. The highest BCUT2D eigenvalue weighted by Gasteiger charge is 2.37. The van der Waals surface area contributed by atoms with Crippen LogP contribution in [0, 0.1) is 5.92 Å². The van der Waals surface area contributed by atoms with Crippen molar-refractivity contribution in [2.24, 2.45) is 5.92 Å². The molecule has 10 aromatic rings. The molecular weight excluding hydrogens is 727 g/mol. The summed E-state index contributed by atoms with van der Waals surface area (Å²) in [6.45, 7) is 2.40. The highest BCUT2D eigenvalue weighted by Crippen LogP contribution is 2.55. The zero-order chi connectivity index (χ0) is 39.7. The van der Waals surface area contributed by atoms with Crippen LogP contribution in [-0.2, 0) is 0 Å². The van der Waals surface area contributed by atoms with Crippen LogP contribution < -0.4 is 4.90 Å². The maximum Gasteiger partial charge on any atom is 0.143 e. The molecule has 2 nitrogen and oxygen atoms in total. The van der Waals surface area contributed by atoms with Crippen LogP contribution in [0.25, 0.3) is 71.3 Å². The third-order valence-electron chi connectivity index (χ3n) is 13.0. The van der Waals surface area contributed by atoms with E-state index in [-0.39, 0.29) is 5.92 Å². The summed E-state index contributed by atoms with van der Waals surface area (Å²) < 4.78 is 6.52. The highest BCUT2D eigenvalue weighted by molar-refractivity contribution is 6.15. The minimum absolute atomic E-state index is 0.133. The summed E-state index contributed by atoms with van der Waals surface area (Å²) in [6, 6.07) is 71.1. The molecule has 1 unspecified atom stereocenters. The minimum atomic E-state index is 0.133. The first-order valence-corrected chi connectivity index (χ1v) is 21.1. The van der Waals surface area contributed by atoms with E-state index < -0.39 is 0 Å². The normalized spacial score (nSPS) is 15.9. The summed E-state index contributed by atoms with van der Waals surface area (Å²) in [4.78, 5) is 2.52. The fourth-order valence-corrected chi connectivity index (χ4v) is 10.3. The smallest absolute Gasteiger partial charge is 0.143 e. The van der Waals surface area contributed by atoms with Crippen molar-refractivity contribution in [1.82, 2.24) is 0 Å². The van der Waals surface area contributed by atoms with Gasteiger partial charge in [0, 0.05) is 33.5 Å². The molecule has 0 N–H and O–H groups in total. The number of para-hydroxylation sites is 4. The Morgan fingerprint density at radius 2 is 1.12 bits per heavy atom. The van der Waals surface area contributed by atoms with Gasteiger partial charge < -0.3 is 9.32 Å². The number of hydrogen-bond acceptors (Lipinski definition) is 2. The maximum atomic E-state index is 6.52. The first-order valence-electron chi connectivity index (χ1n) is 21.1. The number of fused-ring (bicyclic) bond motifs is 8. The van der Waals surface area contributed by atoms with Crippen molar-refractivity contribution >= 4 is 66.1 Å². The van der Waals surface area contributed by atoms with E-state index in [0.717, 1.165) is 50.9 Å². The van der Waals surface area contributed by atoms with E-state index >= 15 is 0 Å². The average Bonchev–Trinajstić information content (AvgIpc) is 3.86. The Morgan fingerprint density at radius 3 is 1.97 bits per heavy atom. The molecule has 9 aromatic carbocycles. The van der Waals surface area contributed by atoms with Gasteiger partial charge in [0.05, 0.1) is 11.4 Å². The number of furan rings is 1. The van der Waals surface area contributed by atoms with Crippen molar-refractivity contribution in [2.45, 2.75) is 19.3 Å². The number of anilines is 3. The lowest BCUT2D eigenvalue weighted by molar-refractivity contribution is 0.651. The third kappa shape index (κ3) is 5.34. The molecule has 60 heavy (non-hydrogen) atoms. The molecule has 12 rings (SSSR count). The van der Waals surface area contributed by atoms with Crippen LogP contribution in [0.4, 0.5) is 17.1 Å². The molecule has 0 amide bonds. The molecule has 0 fully saturated rings. The zero-order valence-electron chi connectivity index (χ0n) is 33.3. The SMILES string of the molecule is C[C@@H]1CC=CC2=C1C(c1ccccc1N(c1ccc(-c3cccc4c3oc3ccccc34)cc1)c1ccccc1-c1cc3ccccc3c3ccccc13)c1ccccc12. The van der Waals surface area contributed by atoms with Crippen molar-refractivity contribution in [3.63, 3.8) is 0 Å². The van der Waals surface area contributed by atoms with Gasteiger partial charge in [0.2, 0.25) is 0 Å². The zero-order valence-corrected chi connectivity index (χ0v) is 33.3. The van der Waals surface area contributed by atoms with Crippen molar-refractivity contribution < 1.29 is 4.42 Å². The van der Waals surface area contributed by atoms with E-state index in [9.17, 15) is 0 Å². The summed E-state index contributed by atoms with van der Waals surface area (Å²) in [5.41, 5.74) is 16.8. The summed E-state index contributed by atoms with van der Waals surface area (Å²) in [7, 11) is 0. The van der Waals surface area contributed by atoms with Gasteiger partial charge in [-0.1, -0.05) is 177 Å². The van der Waals surface area contributed by atoms with Crippen LogP contribution in [-0.4, -0.2) is 0 Å². The highest BCUT2D eigenvalue weighted by atomic mass is 16.3. The van der Waals surface area contributed by atoms with Crippen LogP contribution in [0.3, 0.4) is 0 Å². The predicted molar refractivity (Wildman–Crippen MR) is 252 cm³/mol. The maximum absolute atomic E-state index is 6.52. The quantitative estimate of drug-likeness (QED) is 0.157. The Hall–Kier alpha value is -7.42. The molecule has 2 heteroatoms. The molecule has 2 aliphatic carbocycles. The largest absolute Gasteiger partial charge is 0.455 e. The second-order valence-corrected chi connectivity index (χ2v) is 16.4. The molecule has 0 radical (unpaired) electrons. The summed E-state index contributed by atoms with van der Waals surface area (Å²) in [6.07, 6.45) is 5.78. The molecule has 0 aliphatic heterocycles. The van der Waals surface area contributed by atoms with Crippen LogP contribution in [0.5, 0.6) is 0 Å². The molecular formula is C58H41NO. The second kappa shape index (κ2) is 13.9. The Bertz CT molecular complexity index is 3380. The van der Waals surface area contributed by atoms with Crippen LogP contribution in [0.2, 0.25) is 0 Å². The lowest BCUT2D eigenvalue weighted by atomic mass is 9.79. The van der Waals surface area contributed by atoms with Gasteiger partial charge in [-0.25, -0.2) is 0 Å². The number of rotatable bonds is 6. The van der Waals surface area contributed by atoms with Gasteiger partial charge in [-0.15, -0.1) is 0 Å². The number of benzene rings is 9. The van der Waals surface area contributed by atoms with Gasteiger partial charge >= 0.3 is 0 Å². The Morgan fingerprint density at radius 1 is 0.483 bits per heavy atom. The lowest BCUT2D eigenvalue weighted by Crippen LogP contribution is -2.17. The monoisotopic (exact) mass is 767 g/mol. The number of nitrogens with zero attached hydrogens (tertiary/aromatic N) is 1. The van der Waals surface area contributed by atoms with Gasteiger partial charge in [-0.05, 0) is 109 Å². The van der Waals surface area contributed by atoms with E-state index in [1.54, 1.807) is 0 Å². The van der Waals surface area contributed by atoms with E-state index in [1.165, 1.54) is 66.2 Å². The number of allylic oxidation sites excluding steroid dienone is 4. The summed E-state index contributed by atoms with van der Waals surface area (Å²) >= 11 is 0. The average molecular weight is 768 g/mol. The second-order valence-electron chi connectivity index (χ2n) is 16.4. The van der Waals surface area contributed by atoms with Crippen molar-refractivity contribution in [2.75, 3.05) is 4.90 Å². The topological polar surface area (TPSA) is 16.4 Å². The Labute approximate surface area is 350 Å². The van der Waals surface area contributed by atoms with E-state index in [0.29, 0.717) is 5.92 Å². The van der Waals surface area contributed by atoms with Gasteiger partial charge in [-0.2, -0.15) is 0 Å². The Kier molecular flexibility index (Phi) is 7.99. The summed E-state index contributed by atoms with van der Waals surface area (Å²) in [5.74, 6) is 0.564. The standard InChI is InChI=1S/C58H41NO/c1-37-16-14-27-48-45-21-6-7-24-49(45)57(56(37)48)51-25-9-12-30-54(51)59(40-34-32-38(33-35-40)42-26-15-28-50-47-23-10-13-31-55(47)60-58(42)50)53-29-11-8-22-46(53)52-36-39-17-2-3-18-41(39)43-19-4-5-20-44(43)52/h2-15,17-37,57H,16H2,1H3/t37-,57?/m1/s1. The van der Waals surface area contributed by atoms with Gasteiger partial charge in [0.25, 0.3) is 0 Å². The third-order valence-corrected chi connectivity index (χ3v) is 13.0. The van der Waals surface area contributed by atoms with Gasteiger partial charge in [-0.3, -0.25) is 0 Å². The van der Waals surface area contributed by atoms with Gasteiger partial charge in [0.1, 0.15) is 11.2 Å². The van der Waals surface area contributed by atoms with Crippen LogP contribution in [0.15, 0.2) is 216 Å². The van der Waals surface area contributed by atoms with E-state index in [1.807, 2.05) is 6.07 Å². The molecule has 0 spiro atoms. The fraction of sp³-hybridized carbons (Fsp3) is 0.0690. The minimum Gasteiger partial charge on any atom is -0.455 e. The molecule has 0 bridgehead atoms. The van der Waals surface area contributed by atoms with Crippen molar-refractivity contribution in [3.8, 4) is 22.3 Å². The van der Waals surface area contributed by atoms with Gasteiger partial charge in [0.15, 0.2) is 0 Å². The molecule has 1 aromatic heterocycles. The molecule has 2 aliphatic rings. The molecule has 284 valence electrons. The van der Waals surface area contributed by atoms with Crippen molar-refractivity contribution in [1.29, 1.82) is 0 Å². The molecule has 1 heterocycles. The molecule has 2 atom stereocenters. The lowest BCUT2D eigenvalue weighted by Gasteiger charge is -2.33. The molecule has 0 saturated carbocycles. The van der Waals surface area contributed by atoms with E-state index in [4.69, 9.17) is 4.42 Å². The van der Waals surface area contributed by atoms with Crippen LogP contribution >= 0.6 is 0 Å². The fourth-order valence-electron chi connectivity index (χ4n) is 10.3. The first kappa shape index (κ1) is 34.6. The van der Waals surface area contributed by atoms with Crippen LogP contribution in [0.1, 0.15) is 36.0 Å². The number of hydrogen-bond donors (Lipinski definition) is 0. The Balaban J connectivity index is 1.09. The summed E-state index contributed by atoms with van der Waals surface area (Å²) in [5, 5.41) is 7.29. The van der Waals surface area contributed by atoms with E-state index in [2.05, 4.69) is 212 Å². The first-order chi connectivity index (χ1) is 29.7.